The Labute approximate surface area is 188 Å². The third kappa shape index (κ3) is 3.59. The highest BCUT2D eigenvalue weighted by molar-refractivity contribution is 7.90. The van der Waals surface area contributed by atoms with Crippen molar-refractivity contribution in [2.24, 2.45) is 0 Å². The van der Waals surface area contributed by atoms with E-state index >= 15 is 0 Å². The first-order valence-corrected chi connectivity index (χ1v) is 14.1. The number of hydrogen-bond donors (Lipinski definition) is 2. The molecule has 8 nitrogen and oxygen atoms in total. The molecule has 2 aliphatic heterocycles. The molecule has 0 atom stereocenters. The Bertz CT molecular complexity index is 1200. The van der Waals surface area contributed by atoms with Crippen molar-refractivity contribution in [2.75, 3.05) is 23.1 Å². The second-order valence-corrected chi connectivity index (χ2v) is 12.6. The van der Waals surface area contributed by atoms with Crippen molar-refractivity contribution in [3.63, 3.8) is 0 Å². The Morgan fingerprint density at radius 3 is 1.47 bits per heavy atom. The topological polar surface area (TPSA) is 98.8 Å². The molecule has 2 fully saturated rings. The highest BCUT2D eigenvalue weighted by Crippen LogP contribution is 2.39. The molecule has 32 heavy (non-hydrogen) atoms. The number of nitrogens with zero attached hydrogens (tertiary/aromatic N) is 2. The Morgan fingerprint density at radius 1 is 0.688 bits per heavy atom. The predicted octanol–water partition coefficient (Wildman–Crippen LogP) is 1.91. The van der Waals surface area contributed by atoms with Crippen LogP contribution in [0.2, 0.25) is 0 Å². The fourth-order valence-electron chi connectivity index (χ4n) is 4.69. The first-order chi connectivity index (χ1) is 15.3. The SMILES string of the molecule is O=S1(=O)NCN(C2CC2)c2cc(CCc3ccc4c(c3)N(C3CC3)CNS4(=O)=O)ccc21. The molecule has 2 aliphatic carbocycles. The molecular weight excluding hydrogens is 448 g/mol. The maximum absolute atomic E-state index is 12.4. The number of fused-ring (bicyclic) bond motifs is 2. The molecule has 4 aliphatic rings. The zero-order chi connectivity index (χ0) is 22.1. The van der Waals surface area contributed by atoms with Gasteiger partial charge in [0.15, 0.2) is 0 Å². The van der Waals surface area contributed by atoms with Gasteiger partial charge in [0.1, 0.15) is 9.79 Å². The molecule has 10 heteroatoms. The lowest BCUT2D eigenvalue weighted by atomic mass is 10.0. The lowest BCUT2D eigenvalue weighted by Gasteiger charge is -2.32. The molecule has 0 bridgehead atoms. The molecule has 0 amide bonds. The van der Waals surface area contributed by atoms with Crippen LogP contribution in [0.15, 0.2) is 46.2 Å². The standard InChI is InChI=1S/C22H26N4O4S2/c27-31(28)21-9-3-15(11-19(21)25(13-23-31)17-5-6-17)1-2-16-4-10-22-20(12-16)26(18-7-8-18)14-24-32(22,29)30/h3-4,9-12,17-18,23-24H,1-2,5-8,13-14H2. The molecule has 2 N–H and O–H groups in total. The van der Waals surface area contributed by atoms with Crippen LogP contribution in [0.25, 0.3) is 0 Å². The minimum Gasteiger partial charge on any atom is -0.354 e. The van der Waals surface area contributed by atoms with Gasteiger partial charge in [-0.25, -0.2) is 16.8 Å². The number of nitrogens with one attached hydrogen (secondary N) is 2. The number of rotatable bonds is 5. The molecule has 170 valence electrons. The quantitative estimate of drug-likeness (QED) is 0.687. The minimum absolute atomic E-state index is 0.327. The molecule has 2 aromatic carbocycles. The molecule has 0 radical (unpaired) electrons. The lowest BCUT2D eigenvalue weighted by molar-refractivity contribution is 0.568. The van der Waals surface area contributed by atoms with E-state index in [9.17, 15) is 16.8 Å². The highest BCUT2D eigenvalue weighted by Gasteiger charge is 2.38. The van der Waals surface area contributed by atoms with Crippen LogP contribution in [-0.2, 0) is 32.9 Å². The molecule has 0 unspecified atom stereocenters. The van der Waals surface area contributed by atoms with Crippen LogP contribution in [0.1, 0.15) is 36.8 Å². The maximum atomic E-state index is 12.4. The van der Waals surface area contributed by atoms with E-state index in [0.717, 1.165) is 61.0 Å². The van der Waals surface area contributed by atoms with Crippen molar-refractivity contribution < 1.29 is 16.8 Å². The lowest BCUT2D eigenvalue weighted by Crippen LogP contribution is -2.44. The Kier molecular flexibility index (Phi) is 4.59. The summed E-state index contributed by atoms with van der Waals surface area (Å²) in [7, 11) is -6.91. The van der Waals surface area contributed by atoms with E-state index in [-0.39, 0.29) is 0 Å². The summed E-state index contributed by atoms with van der Waals surface area (Å²) in [5, 5.41) is 0. The van der Waals surface area contributed by atoms with Crippen LogP contribution in [0.3, 0.4) is 0 Å². The monoisotopic (exact) mass is 474 g/mol. The minimum atomic E-state index is -3.45. The van der Waals surface area contributed by atoms with Gasteiger partial charge in [-0.2, -0.15) is 9.44 Å². The fourth-order valence-corrected chi connectivity index (χ4v) is 7.01. The molecule has 2 aromatic rings. The summed E-state index contributed by atoms with van der Waals surface area (Å²) < 4.78 is 55.1. The van der Waals surface area contributed by atoms with Gasteiger partial charge in [-0.15, -0.1) is 0 Å². The van der Waals surface area contributed by atoms with Gasteiger partial charge in [0, 0.05) is 12.1 Å². The summed E-state index contributed by atoms with van der Waals surface area (Å²) in [4.78, 5) is 5.02. The van der Waals surface area contributed by atoms with Crippen molar-refractivity contribution in [1.82, 2.24) is 9.44 Å². The van der Waals surface area contributed by atoms with E-state index < -0.39 is 20.0 Å². The Morgan fingerprint density at radius 2 is 1.09 bits per heavy atom. The van der Waals surface area contributed by atoms with E-state index in [4.69, 9.17) is 0 Å². The molecule has 0 saturated heterocycles. The average Bonchev–Trinajstić information content (AvgIpc) is 3.66. The van der Waals surface area contributed by atoms with Crippen LogP contribution in [0, 0.1) is 0 Å². The van der Waals surface area contributed by atoms with E-state index in [1.807, 2.05) is 24.3 Å². The third-order valence-electron chi connectivity index (χ3n) is 6.77. The largest absolute Gasteiger partial charge is 0.354 e. The summed E-state index contributed by atoms with van der Waals surface area (Å²) in [5.74, 6) is 0. The fraction of sp³-hybridized carbons (Fsp3) is 0.455. The normalized spacial score (nSPS) is 23.5. The van der Waals surface area contributed by atoms with E-state index in [1.165, 1.54) is 0 Å². The third-order valence-corrected chi connectivity index (χ3v) is 9.64. The number of hydrogen-bond acceptors (Lipinski definition) is 6. The molecule has 0 spiro atoms. The van der Waals surface area contributed by atoms with Crippen molar-refractivity contribution >= 4 is 31.4 Å². The number of aryl methyl sites for hydroxylation is 2. The van der Waals surface area contributed by atoms with E-state index in [0.29, 0.717) is 35.2 Å². The van der Waals surface area contributed by atoms with Crippen LogP contribution in [0.4, 0.5) is 11.4 Å². The second kappa shape index (κ2) is 7.18. The second-order valence-electron chi connectivity index (χ2n) is 9.12. The molecule has 2 saturated carbocycles. The van der Waals surface area contributed by atoms with Crippen LogP contribution in [0.5, 0.6) is 0 Å². The van der Waals surface area contributed by atoms with Gasteiger partial charge >= 0.3 is 0 Å². The van der Waals surface area contributed by atoms with Gasteiger partial charge < -0.3 is 9.80 Å². The zero-order valence-electron chi connectivity index (χ0n) is 17.6. The van der Waals surface area contributed by atoms with Crippen LogP contribution >= 0.6 is 0 Å². The predicted molar refractivity (Wildman–Crippen MR) is 122 cm³/mol. The number of sulfonamides is 2. The van der Waals surface area contributed by atoms with Crippen molar-refractivity contribution in [3.8, 4) is 0 Å². The van der Waals surface area contributed by atoms with Gasteiger partial charge in [0.2, 0.25) is 20.0 Å². The summed E-state index contributed by atoms with van der Waals surface area (Å²) in [6.45, 7) is 0.654. The van der Waals surface area contributed by atoms with Crippen LogP contribution in [-0.4, -0.2) is 42.3 Å². The van der Waals surface area contributed by atoms with Crippen molar-refractivity contribution in [1.29, 1.82) is 0 Å². The van der Waals surface area contributed by atoms with Gasteiger partial charge in [0.25, 0.3) is 0 Å². The molecule has 2 heterocycles. The first-order valence-electron chi connectivity index (χ1n) is 11.1. The molecule has 0 aromatic heterocycles. The summed E-state index contributed by atoms with van der Waals surface area (Å²) in [6, 6.07) is 12.0. The Hall–Kier alpha value is -2.14. The van der Waals surface area contributed by atoms with Gasteiger partial charge in [0.05, 0.1) is 24.7 Å². The Balaban J connectivity index is 1.27. The van der Waals surface area contributed by atoms with Gasteiger partial charge in [-0.05, 0) is 73.9 Å². The van der Waals surface area contributed by atoms with Crippen molar-refractivity contribution in [2.45, 2.75) is 60.4 Å². The van der Waals surface area contributed by atoms with Crippen molar-refractivity contribution in [3.05, 3.63) is 47.5 Å². The number of anilines is 2. The molecule has 6 rings (SSSR count). The van der Waals surface area contributed by atoms with E-state index in [1.54, 1.807) is 12.1 Å². The first kappa shape index (κ1) is 20.5. The highest BCUT2D eigenvalue weighted by atomic mass is 32.2. The van der Waals surface area contributed by atoms with Gasteiger partial charge in [-0.3, -0.25) is 0 Å². The summed E-state index contributed by atoms with van der Waals surface area (Å²) >= 11 is 0. The molecular formula is C22H26N4O4S2. The van der Waals surface area contributed by atoms with E-state index in [2.05, 4.69) is 19.2 Å². The summed E-state index contributed by atoms with van der Waals surface area (Å²) in [6.07, 6.45) is 5.88. The summed E-state index contributed by atoms with van der Waals surface area (Å²) in [5.41, 5.74) is 3.76. The maximum Gasteiger partial charge on any atom is 0.244 e. The number of benzene rings is 2. The average molecular weight is 475 g/mol. The van der Waals surface area contributed by atoms with Crippen LogP contribution < -0.4 is 19.2 Å². The van der Waals surface area contributed by atoms with Gasteiger partial charge in [-0.1, -0.05) is 12.1 Å². The zero-order valence-corrected chi connectivity index (χ0v) is 19.3. The smallest absolute Gasteiger partial charge is 0.244 e.